The van der Waals surface area contributed by atoms with E-state index in [4.69, 9.17) is 0 Å². The molecule has 0 spiro atoms. The molecule has 2 aliphatic rings. The average molecular weight is 346 g/mol. The molecular weight excluding hydrogens is 328 g/mol. The van der Waals surface area contributed by atoms with Crippen LogP contribution in [-0.2, 0) is 17.8 Å². The normalized spacial score (nSPS) is 18.5. The van der Waals surface area contributed by atoms with Crippen LogP contribution in [0, 0.1) is 0 Å². The maximum atomic E-state index is 12.2. The summed E-state index contributed by atoms with van der Waals surface area (Å²) in [4.78, 5) is 26.5. The summed E-state index contributed by atoms with van der Waals surface area (Å²) in [5.41, 5.74) is 1.47. The van der Waals surface area contributed by atoms with Crippen LogP contribution in [0.1, 0.15) is 10.4 Å². The van der Waals surface area contributed by atoms with Crippen molar-refractivity contribution >= 4 is 29.0 Å². The molecule has 0 aromatic carbocycles. The van der Waals surface area contributed by atoms with Gasteiger partial charge in [0.1, 0.15) is 0 Å². The summed E-state index contributed by atoms with van der Waals surface area (Å²) in [5.74, 6) is 0.609. The first-order valence-electron chi connectivity index (χ1n) is 7.76. The second kappa shape index (κ2) is 6.59. The Hall–Kier alpha value is -1.44. The highest BCUT2D eigenvalue weighted by Crippen LogP contribution is 2.28. The summed E-state index contributed by atoms with van der Waals surface area (Å²) in [5, 5.41) is 2.85. The number of amides is 1. The number of aromatic nitrogens is 2. The van der Waals surface area contributed by atoms with Crippen molar-refractivity contribution < 1.29 is 4.79 Å². The summed E-state index contributed by atoms with van der Waals surface area (Å²) in [6.07, 6.45) is 4.56. The van der Waals surface area contributed by atoms with Crippen LogP contribution in [0.3, 0.4) is 0 Å². The first kappa shape index (κ1) is 15.1. The minimum absolute atomic E-state index is 0.187. The molecular formula is C16H18N4OS2. The van der Waals surface area contributed by atoms with E-state index in [9.17, 15) is 4.79 Å². The van der Waals surface area contributed by atoms with Crippen LogP contribution in [-0.4, -0.2) is 57.1 Å². The third-order valence-electron chi connectivity index (χ3n) is 4.44. The highest BCUT2D eigenvalue weighted by Gasteiger charge is 2.35. The Labute approximate surface area is 143 Å². The zero-order valence-electron chi connectivity index (χ0n) is 12.7. The summed E-state index contributed by atoms with van der Waals surface area (Å²) in [7, 11) is 0. The van der Waals surface area contributed by atoms with Gasteiger partial charge in [-0.05, 0) is 29.5 Å². The Balaban J connectivity index is 1.24. The fourth-order valence-corrected chi connectivity index (χ4v) is 4.64. The molecule has 2 aromatic heterocycles. The van der Waals surface area contributed by atoms with Crippen LogP contribution in [0.4, 0.5) is 0 Å². The van der Waals surface area contributed by atoms with Gasteiger partial charge in [0, 0.05) is 49.5 Å². The standard InChI is InChI=1S/C16H18N4OS2/c21-15(11-23-16-17-4-1-5-18-16)20-9-13(10-20)19-6-2-14-12(8-19)3-7-22-14/h1,3-5,7,13H,2,6,8-11H2. The third-order valence-corrected chi connectivity index (χ3v) is 6.32. The molecule has 2 aliphatic heterocycles. The molecule has 0 unspecified atom stereocenters. The van der Waals surface area contributed by atoms with Gasteiger partial charge in [0.2, 0.25) is 5.91 Å². The number of carbonyl (C=O) groups excluding carboxylic acids is 1. The molecule has 0 bridgehead atoms. The molecule has 1 saturated heterocycles. The van der Waals surface area contributed by atoms with Crippen LogP contribution < -0.4 is 0 Å². The number of hydrogen-bond acceptors (Lipinski definition) is 6. The van der Waals surface area contributed by atoms with Crippen LogP contribution >= 0.6 is 23.1 Å². The number of fused-ring (bicyclic) bond motifs is 1. The number of rotatable bonds is 4. The molecule has 0 aliphatic carbocycles. The van der Waals surface area contributed by atoms with Crippen LogP contribution in [0.5, 0.6) is 0 Å². The Bertz CT molecular complexity index is 684. The zero-order chi connectivity index (χ0) is 15.6. The van der Waals surface area contributed by atoms with Crippen molar-refractivity contribution in [2.75, 3.05) is 25.4 Å². The summed E-state index contributed by atoms with van der Waals surface area (Å²) in [6, 6.07) is 4.54. The van der Waals surface area contributed by atoms with Gasteiger partial charge >= 0.3 is 0 Å². The largest absolute Gasteiger partial charge is 0.339 e. The lowest BCUT2D eigenvalue weighted by atomic mass is 10.0. The molecule has 0 saturated carbocycles. The van der Waals surface area contributed by atoms with Gasteiger partial charge in [-0.1, -0.05) is 11.8 Å². The molecule has 1 fully saturated rings. The number of thiophene rings is 1. The Kier molecular flexibility index (Phi) is 4.33. The van der Waals surface area contributed by atoms with Gasteiger partial charge in [0.15, 0.2) is 5.16 Å². The summed E-state index contributed by atoms with van der Waals surface area (Å²) >= 11 is 3.28. The molecule has 0 N–H and O–H groups in total. The molecule has 120 valence electrons. The van der Waals surface area contributed by atoms with Crippen LogP contribution in [0.15, 0.2) is 35.1 Å². The van der Waals surface area contributed by atoms with E-state index in [0.717, 1.165) is 32.6 Å². The SMILES string of the molecule is O=C(CSc1ncccn1)N1CC(N2CCc3sccc3C2)C1. The van der Waals surface area contributed by atoms with E-state index in [2.05, 4.69) is 26.3 Å². The lowest BCUT2D eigenvalue weighted by Gasteiger charge is -2.46. The topological polar surface area (TPSA) is 49.3 Å². The highest BCUT2D eigenvalue weighted by molar-refractivity contribution is 7.99. The minimum atomic E-state index is 0.187. The molecule has 0 atom stereocenters. The minimum Gasteiger partial charge on any atom is -0.339 e. The molecule has 4 rings (SSSR count). The quantitative estimate of drug-likeness (QED) is 0.625. The Morgan fingerprint density at radius 2 is 2.17 bits per heavy atom. The van der Waals surface area contributed by atoms with E-state index < -0.39 is 0 Å². The molecule has 5 nitrogen and oxygen atoms in total. The van der Waals surface area contributed by atoms with Crippen molar-refractivity contribution in [1.82, 2.24) is 19.8 Å². The first-order valence-corrected chi connectivity index (χ1v) is 9.63. The molecule has 23 heavy (non-hydrogen) atoms. The fraction of sp³-hybridized carbons (Fsp3) is 0.438. The van der Waals surface area contributed by atoms with Crippen molar-refractivity contribution in [2.24, 2.45) is 0 Å². The average Bonchev–Trinajstić information content (AvgIpc) is 3.00. The van der Waals surface area contributed by atoms with Crippen molar-refractivity contribution in [2.45, 2.75) is 24.2 Å². The monoisotopic (exact) mass is 346 g/mol. The lowest BCUT2D eigenvalue weighted by molar-refractivity contribution is -0.136. The second-order valence-corrected chi connectivity index (χ2v) is 7.81. The van der Waals surface area contributed by atoms with Gasteiger partial charge in [0.05, 0.1) is 5.75 Å². The zero-order valence-corrected chi connectivity index (χ0v) is 14.4. The van der Waals surface area contributed by atoms with Gasteiger partial charge in [-0.2, -0.15) is 0 Å². The van der Waals surface area contributed by atoms with E-state index in [1.54, 1.807) is 18.5 Å². The van der Waals surface area contributed by atoms with Crippen LogP contribution in [0.25, 0.3) is 0 Å². The maximum absolute atomic E-state index is 12.2. The van der Waals surface area contributed by atoms with E-state index in [0.29, 0.717) is 17.0 Å². The van der Waals surface area contributed by atoms with Gasteiger partial charge in [-0.25, -0.2) is 9.97 Å². The van der Waals surface area contributed by atoms with E-state index in [-0.39, 0.29) is 5.91 Å². The second-order valence-electron chi connectivity index (χ2n) is 5.86. The third kappa shape index (κ3) is 3.27. The molecule has 1 amide bonds. The Morgan fingerprint density at radius 3 is 3.00 bits per heavy atom. The van der Waals surface area contributed by atoms with Gasteiger partial charge in [0.25, 0.3) is 0 Å². The van der Waals surface area contributed by atoms with Crippen LogP contribution in [0.2, 0.25) is 0 Å². The number of likely N-dealkylation sites (tertiary alicyclic amines) is 1. The number of thioether (sulfide) groups is 1. The van der Waals surface area contributed by atoms with Crippen molar-refractivity contribution in [3.05, 3.63) is 40.3 Å². The molecule has 7 heteroatoms. The predicted molar refractivity (Wildman–Crippen MR) is 91.6 cm³/mol. The van der Waals surface area contributed by atoms with E-state index in [1.165, 1.54) is 22.2 Å². The lowest BCUT2D eigenvalue weighted by Crippen LogP contribution is -2.61. The van der Waals surface area contributed by atoms with E-state index in [1.807, 2.05) is 16.2 Å². The summed E-state index contributed by atoms with van der Waals surface area (Å²) < 4.78 is 0. The maximum Gasteiger partial charge on any atom is 0.233 e. The number of carbonyl (C=O) groups is 1. The summed E-state index contributed by atoms with van der Waals surface area (Å²) in [6.45, 7) is 3.87. The molecule has 4 heterocycles. The van der Waals surface area contributed by atoms with Crippen molar-refractivity contribution in [3.8, 4) is 0 Å². The fourth-order valence-electron chi connectivity index (χ4n) is 3.05. The molecule has 0 radical (unpaired) electrons. The number of nitrogens with zero attached hydrogens (tertiary/aromatic N) is 4. The Morgan fingerprint density at radius 1 is 1.35 bits per heavy atom. The smallest absolute Gasteiger partial charge is 0.233 e. The first-order chi connectivity index (χ1) is 11.3. The van der Waals surface area contributed by atoms with Gasteiger partial charge in [-0.3, -0.25) is 9.69 Å². The molecule has 2 aromatic rings. The van der Waals surface area contributed by atoms with Gasteiger partial charge in [-0.15, -0.1) is 11.3 Å². The number of hydrogen-bond donors (Lipinski definition) is 0. The van der Waals surface area contributed by atoms with Gasteiger partial charge < -0.3 is 4.90 Å². The van der Waals surface area contributed by atoms with Crippen molar-refractivity contribution in [3.63, 3.8) is 0 Å². The highest BCUT2D eigenvalue weighted by atomic mass is 32.2. The van der Waals surface area contributed by atoms with Crippen molar-refractivity contribution in [1.29, 1.82) is 0 Å². The predicted octanol–water partition coefficient (Wildman–Crippen LogP) is 1.90. The van der Waals surface area contributed by atoms with E-state index >= 15 is 0 Å².